The van der Waals surface area contributed by atoms with Crippen LogP contribution in [-0.2, 0) is 46.4 Å². The fourth-order valence-corrected chi connectivity index (χ4v) is 8.68. The smallest absolute Gasteiger partial charge is 0.344 e. The maximum absolute atomic E-state index is 15.5. The number of benzene rings is 2. The van der Waals surface area contributed by atoms with E-state index < -0.39 is 163 Å². The average molecular weight is 968 g/mol. The van der Waals surface area contributed by atoms with Gasteiger partial charge in [-0.1, -0.05) is 17.7 Å². The number of carbonyl (C=O) groups is 1. The first kappa shape index (κ1) is 45.4. The van der Waals surface area contributed by atoms with Gasteiger partial charge in [0.05, 0.1) is 45.3 Å². The number of pyridine rings is 1. The van der Waals surface area contributed by atoms with Crippen molar-refractivity contribution in [2.75, 3.05) is 11.0 Å². The highest BCUT2D eigenvalue weighted by molar-refractivity contribution is 7.92. The summed E-state index contributed by atoms with van der Waals surface area (Å²) in [5.74, 6) is -11.3. The summed E-state index contributed by atoms with van der Waals surface area (Å²) in [5.41, 5.74) is -8.23. The zero-order valence-electron chi connectivity index (χ0n) is 32.4. The van der Waals surface area contributed by atoms with Crippen molar-refractivity contribution in [1.82, 2.24) is 39.4 Å². The number of nitrogens with zero attached hydrogens (tertiary/aromatic N) is 7. The Kier molecular flexibility index (Phi) is 11.0. The van der Waals surface area contributed by atoms with Crippen LogP contribution < -0.4 is 15.6 Å². The molecule has 1 amide bonds. The molecule has 0 spiro atoms. The summed E-state index contributed by atoms with van der Waals surface area (Å²) in [6.45, 7) is -3.20. The highest BCUT2D eigenvalue weighted by atomic mass is 35.5. The lowest BCUT2D eigenvalue weighted by Crippen LogP contribution is -2.38. The fraction of sp³-hybridized carbons (Fsp3) is 0.316. The lowest BCUT2D eigenvalue weighted by Gasteiger charge is -2.24. The average Bonchev–Trinajstić information content (AvgIpc) is 3.70. The van der Waals surface area contributed by atoms with E-state index in [1.165, 1.54) is 0 Å². The highest BCUT2D eigenvalue weighted by Gasteiger charge is 2.67. The molecule has 2 N–H and O–H groups in total. The van der Waals surface area contributed by atoms with Gasteiger partial charge >= 0.3 is 12.4 Å². The predicted molar refractivity (Wildman–Crippen MR) is 204 cm³/mol. The van der Waals surface area contributed by atoms with Crippen LogP contribution in [0.2, 0.25) is 5.02 Å². The van der Waals surface area contributed by atoms with Gasteiger partial charge in [0, 0.05) is 30.0 Å². The van der Waals surface area contributed by atoms with Crippen LogP contribution in [0.5, 0.6) is 0 Å². The summed E-state index contributed by atoms with van der Waals surface area (Å²) in [7, 11) is -4.31. The van der Waals surface area contributed by atoms with Gasteiger partial charge in [0.1, 0.15) is 47.6 Å². The van der Waals surface area contributed by atoms with Crippen molar-refractivity contribution in [1.29, 1.82) is 0 Å². The normalized spacial score (nSPS) is 17.3. The third-order valence-corrected chi connectivity index (χ3v) is 11.3. The minimum atomic E-state index is -5.10. The molecule has 2 aliphatic carbocycles. The number of sulfonamides is 1. The molecule has 8 rings (SSSR count). The molecule has 0 bridgehead atoms. The maximum Gasteiger partial charge on any atom is 0.433 e. The minimum absolute atomic E-state index is 0.129. The zero-order valence-corrected chi connectivity index (χ0v) is 34.0. The first-order chi connectivity index (χ1) is 30.2. The quantitative estimate of drug-likeness (QED) is 0.117. The van der Waals surface area contributed by atoms with E-state index in [4.69, 9.17) is 11.6 Å². The van der Waals surface area contributed by atoms with Gasteiger partial charge in [-0.05, 0) is 54.3 Å². The summed E-state index contributed by atoms with van der Waals surface area (Å²) >= 11 is 6.40. The van der Waals surface area contributed by atoms with Crippen LogP contribution in [-0.4, -0.2) is 60.9 Å². The Morgan fingerprint density at radius 1 is 0.954 bits per heavy atom. The second kappa shape index (κ2) is 15.8. The molecule has 344 valence electrons. The van der Waals surface area contributed by atoms with Gasteiger partial charge in [0.15, 0.2) is 5.82 Å². The van der Waals surface area contributed by atoms with Crippen molar-refractivity contribution in [2.24, 2.45) is 5.92 Å². The molecular weight excluding hydrogens is 942 g/mol. The second-order valence-corrected chi connectivity index (χ2v) is 17.3. The topological polar surface area (TPSA) is 159 Å². The van der Waals surface area contributed by atoms with Crippen LogP contribution >= 0.6 is 11.6 Å². The number of amides is 1. The number of rotatable bonds is 12. The van der Waals surface area contributed by atoms with Crippen molar-refractivity contribution in [3.05, 3.63) is 116 Å². The number of fused-ring (bicyclic) bond motifs is 4. The number of nitrogens with one attached hydrogen (secondary N) is 2. The molecule has 0 aliphatic heterocycles. The molecule has 1 saturated carbocycles. The molecule has 2 aliphatic rings. The van der Waals surface area contributed by atoms with Crippen LogP contribution in [0.4, 0.5) is 58.5 Å². The molecule has 27 heteroatoms. The maximum atomic E-state index is 15.5. The minimum Gasteiger partial charge on any atom is -0.344 e. The number of alkyl halides is 10. The first-order valence-electron chi connectivity index (χ1n) is 18.6. The molecule has 0 radical (unpaired) electrons. The van der Waals surface area contributed by atoms with Gasteiger partial charge in [-0.25, -0.2) is 35.9 Å². The third kappa shape index (κ3) is 8.83. The van der Waals surface area contributed by atoms with E-state index in [2.05, 4.69) is 25.5 Å². The Morgan fingerprint density at radius 2 is 1.65 bits per heavy atom. The van der Waals surface area contributed by atoms with Crippen molar-refractivity contribution in [3.63, 3.8) is 0 Å². The van der Waals surface area contributed by atoms with E-state index in [0.717, 1.165) is 36.4 Å². The predicted octanol–water partition coefficient (Wildman–Crippen LogP) is 7.97. The summed E-state index contributed by atoms with van der Waals surface area (Å²) in [4.78, 5) is 36.4. The van der Waals surface area contributed by atoms with Crippen LogP contribution in [0.1, 0.15) is 58.8 Å². The van der Waals surface area contributed by atoms with Crippen molar-refractivity contribution < 1.29 is 65.9 Å². The molecule has 4 aromatic heterocycles. The molecule has 0 saturated heterocycles. The molecule has 4 heterocycles. The van der Waals surface area contributed by atoms with E-state index in [0.29, 0.717) is 33.7 Å². The lowest BCUT2D eigenvalue weighted by atomic mass is 10.0. The molecule has 3 atom stereocenters. The Labute approximate surface area is 361 Å². The Balaban J connectivity index is 1.37. The van der Waals surface area contributed by atoms with Gasteiger partial charge in [-0.15, -0.1) is 0 Å². The van der Waals surface area contributed by atoms with E-state index >= 15 is 8.78 Å². The molecule has 13 nitrogen and oxygen atoms in total. The van der Waals surface area contributed by atoms with E-state index in [9.17, 15) is 61.9 Å². The molecule has 1 fully saturated rings. The summed E-state index contributed by atoms with van der Waals surface area (Å²) in [5, 5.41) is 8.71. The van der Waals surface area contributed by atoms with Gasteiger partial charge in [-0.3, -0.25) is 28.2 Å². The van der Waals surface area contributed by atoms with E-state index in [1.807, 2.05) is 4.72 Å². The standard InChI is InChI=1S/C38H26ClF12N9O4S/c1-65(63,64)57-34-29-20(39)5-6-24(31(29)59(56-34)14-36(44,45)46)60-27(62)12-22(21-3-2-4-25(52-21)38(49,50)51)54-35(60)23(9-15-7-16(40)10-17(41)8-15)53-26(61)13-58-32-28(30(55-58)33(42)43)18-11-19(18)37(32,47)48/h2-8,10,12,18-19,23,33H,9,11,13-14H2,1H3,(H,53,61)(H,56,57)/t18-,19+,23-/m0/s1. The van der Waals surface area contributed by atoms with Crippen molar-refractivity contribution in [2.45, 2.75) is 62.6 Å². The summed E-state index contributed by atoms with van der Waals surface area (Å²) in [6.07, 6.45) is -13.8. The van der Waals surface area contributed by atoms with Gasteiger partial charge < -0.3 is 5.32 Å². The second-order valence-electron chi connectivity index (χ2n) is 15.1. The van der Waals surface area contributed by atoms with Crippen molar-refractivity contribution in [3.8, 4) is 17.1 Å². The largest absolute Gasteiger partial charge is 0.433 e. The number of carbonyl (C=O) groups excluding carboxylic acids is 1. The number of hydrogen-bond acceptors (Lipinski definition) is 8. The lowest BCUT2D eigenvalue weighted by molar-refractivity contribution is -0.142. The van der Waals surface area contributed by atoms with Gasteiger partial charge in [-0.2, -0.15) is 45.3 Å². The molecule has 6 aromatic rings. The van der Waals surface area contributed by atoms with E-state index in [-0.39, 0.29) is 16.7 Å². The summed E-state index contributed by atoms with van der Waals surface area (Å²) < 4.78 is 200. The summed E-state index contributed by atoms with van der Waals surface area (Å²) in [6, 6.07) is 4.91. The third-order valence-electron chi connectivity index (χ3n) is 10.4. The van der Waals surface area contributed by atoms with Crippen molar-refractivity contribution >= 4 is 44.3 Å². The number of aromatic nitrogens is 7. The number of anilines is 1. The zero-order chi connectivity index (χ0) is 47.3. The molecule has 0 unspecified atom stereocenters. The van der Waals surface area contributed by atoms with Crippen LogP contribution in [0.15, 0.2) is 59.4 Å². The van der Waals surface area contributed by atoms with Crippen LogP contribution in [0.25, 0.3) is 28.0 Å². The number of hydrogen-bond donors (Lipinski definition) is 2. The Morgan fingerprint density at radius 3 is 2.28 bits per heavy atom. The Bertz CT molecular complexity index is 3080. The molecule has 2 aromatic carbocycles. The highest BCUT2D eigenvalue weighted by Crippen LogP contribution is 2.68. The first-order valence-corrected chi connectivity index (χ1v) is 20.9. The van der Waals surface area contributed by atoms with Gasteiger partial charge in [0.25, 0.3) is 17.9 Å². The van der Waals surface area contributed by atoms with E-state index in [1.54, 1.807) is 0 Å². The number of halogens is 13. The molecular formula is C38H26ClF12N9O4S. The Hall–Kier alpha value is -6.18. The van der Waals surface area contributed by atoms with Crippen LogP contribution in [0, 0.1) is 17.6 Å². The monoisotopic (exact) mass is 967 g/mol. The fourth-order valence-electron chi connectivity index (χ4n) is 7.94. The SMILES string of the molecule is CS(=O)(=O)Nc1nn(CC(F)(F)F)c2c(-n3c([C@H](Cc4cc(F)cc(F)c4)NC(=O)Cn4nc(C(F)F)c5c4C(F)(F)[C@@H]4C[C@H]54)nc(-c4cccc(C(F)(F)F)n4)cc3=O)ccc(Cl)c12. The van der Waals surface area contributed by atoms with Gasteiger partial charge in [0.2, 0.25) is 15.9 Å². The van der Waals surface area contributed by atoms with Crippen LogP contribution in [0.3, 0.4) is 0 Å². The molecule has 65 heavy (non-hydrogen) atoms.